The Hall–Kier alpha value is -3.87. The van der Waals surface area contributed by atoms with E-state index in [1.807, 2.05) is 39.8 Å². The smallest absolute Gasteiger partial charge is 0.229 e. The van der Waals surface area contributed by atoms with Crippen LogP contribution in [-0.4, -0.2) is 73.6 Å². The van der Waals surface area contributed by atoms with Crippen LogP contribution in [0.15, 0.2) is 51.2 Å². The number of rotatable bonds is 6. The van der Waals surface area contributed by atoms with Gasteiger partial charge in [0.25, 0.3) is 0 Å². The molecule has 6 N–H and O–H groups in total. The molecule has 5 rings (SSSR count). The lowest BCUT2D eigenvalue weighted by molar-refractivity contribution is -0.277. The highest BCUT2D eigenvalue weighted by molar-refractivity contribution is 5.95. The third-order valence-corrected chi connectivity index (χ3v) is 7.29. The van der Waals surface area contributed by atoms with E-state index in [1.54, 1.807) is 6.08 Å². The largest absolute Gasteiger partial charge is 0.507 e. The molecule has 0 unspecified atom stereocenters. The van der Waals surface area contributed by atoms with Gasteiger partial charge in [-0.1, -0.05) is 11.6 Å². The van der Waals surface area contributed by atoms with Crippen molar-refractivity contribution >= 4 is 17.0 Å². The molecule has 224 valence electrons. The summed E-state index contributed by atoms with van der Waals surface area (Å²) in [6, 6.07) is 5.51. The van der Waals surface area contributed by atoms with Gasteiger partial charge in [-0.2, -0.15) is 0 Å². The maximum atomic E-state index is 13.8. The highest BCUT2D eigenvalue weighted by Gasteiger charge is 2.44. The Morgan fingerprint density at radius 2 is 1.79 bits per heavy atom. The number of benzene rings is 2. The zero-order valence-electron chi connectivity index (χ0n) is 23.6. The number of allylic oxidation sites excluding steroid dienone is 2. The monoisotopic (exact) mass is 582 g/mol. The van der Waals surface area contributed by atoms with E-state index in [9.17, 15) is 35.4 Å². The summed E-state index contributed by atoms with van der Waals surface area (Å²) in [5.74, 6) is -0.177. The zero-order chi connectivity index (χ0) is 30.5. The van der Waals surface area contributed by atoms with Crippen LogP contribution in [0.25, 0.3) is 28.4 Å². The van der Waals surface area contributed by atoms with E-state index in [0.717, 1.165) is 5.57 Å². The third kappa shape index (κ3) is 5.37. The van der Waals surface area contributed by atoms with Crippen molar-refractivity contribution in [1.82, 2.24) is 0 Å². The Morgan fingerprint density at radius 1 is 1.05 bits per heavy atom. The Morgan fingerprint density at radius 3 is 2.45 bits per heavy atom. The molecule has 2 aliphatic heterocycles. The van der Waals surface area contributed by atoms with E-state index < -0.39 is 48.3 Å². The summed E-state index contributed by atoms with van der Waals surface area (Å²) in [5.41, 5.74) is 0.761. The van der Waals surface area contributed by atoms with Gasteiger partial charge < -0.3 is 49.3 Å². The zero-order valence-corrected chi connectivity index (χ0v) is 23.6. The predicted octanol–water partition coefficient (Wildman–Crippen LogP) is 2.74. The number of fused-ring (bicyclic) bond motifs is 3. The molecule has 0 saturated carbocycles. The van der Waals surface area contributed by atoms with Crippen molar-refractivity contribution < 1.29 is 49.3 Å². The quantitative estimate of drug-likeness (QED) is 0.235. The van der Waals surface area contributed by atoms with Crippen molar-refractivity contribution in [3.8, 4) is 34.3 Å². The van der Waals surface area contributed by atoms with Gasteiger partial charge in [0.1, 0.15) is 64.2 Å². The van der Waals surface area contributed by atoms with Crippen LogP contribution in [0.3, 0.4) is 0 Å². The Kier molecular flexibility index (Phi) is 7.82. The lowest BCUT2D eigenvalue weighted by Gasteiger charge is -2.39. The van der Waals surface area contributed by atoms with E-state index >= 15 is 0 Å². The summed E-state index contributed by atoms with van der Waals surface area (Å²) in [7, 11) is 0. The van der Waals surface area contributed by atoms with Crippen LogP contribution in [0.2, 0.25) is 0 Å². The first-order valence-electron chi connectivity index (χ1n) is 13.5. The van der Waals surface area contributed by atoms with Gasteiger partial charge in [0.05, 0.1) is 17.7 Å². The second kappa shape index (κ2) is 11.1. The molecule has 11 heteroatoms. The number of hydrogen-bond donors (Lipinski definition) is 6. The minimum Gasteiger partial charge on any atom is -0.507 e. The van der Waals surface area contributed by atoms with Crippen molar-refractivity contribution in [3.63, 3.8) is 0 Å². The summed E-state index contributed by atoms with van der Waals surface area (Å²) < 4.78 is 23.3. The number of aliphatic hydroxyl groups excluding tert-OH is 4. The van der Waals surface area contributed by atoms with Gasteiger partial charge in [-0.25, -0.2) is 0 Å². The molecule has 1 fully saturated rings. The summed E-state index contributed by atoms with van der Waals surface area (Å²) >= 11 is 0. The molecule has 3 heterocycles. The van der Waals surface area contributed by atoms with E-state index in [4.69, 9.17) is 18.6 Å². The van der Waals surface area contributed by atoms with Crippen molar-refractivity contribution in [2.24, 2.45) is 0 Å². The average molecular weight is 583 g/mol. The van der Waals surface area contributed by atoms with Crippen LogP contribution >= 0.6 is 0 Å². The molecule has 0 radical (unpaired) electrons. The summed E-state index contributed by atoms with van der Waals surface area (Å²) in [4.78, 5) is 13.8. The van der Waals surface area contributed by atoms with Gasteiger partial charge in [-0.05, 0) is 58.4 Å². The molecule has 3 aromatic rings. The molecular formula is C31H34O11. The number of hydrogen-bond acceptors (Lipinski definition) is 11. The first-order valence-corrected chi connectivity index (χ1v) is 13.5. The summed E-state index contributed by atoms with van der Waals surface area (Å²) in [6.07, 6.45) is -1.88. The van der Waals surface area contributed by atoms with Crippen LogP contribution in [-0.2, 0) is 11.2 Å². The van der Waals surface area contributed by atoms with Crippen LogP contribution in [0.4, 0.5) is 0 Å². The minimum absolute atomic E-state index is 0.00956. The highest BCUT2D eigenvalue weighted by atomic mass is 16.7. The van der Waals surface area contributed by atoms with Gasteiger partial charge >= 0.3 is 0 Å². The van der Waals surface area contributed by atoms with Gasteiger partial charge in [0.2, 0.25) is 11.7 Å². The fourth-order valence-corrected chi connectivity index (χ4v) is 5.01. The highest BCUT2D eigenvalue weighted by Crippen LogP contribution is 2.43. The molecule has 42 heavy (non-hydrogen) atoms. The summed E-state index contributed by atoms with van der Waals surface area (Å²) in [6.45, 7) is 6.83. The number of ether oxygens (including phenoxy) is 3. The molecule has 0 bridgehead atoms. The van der Waals surface area contributed by atoms with Crippen molar-refractivity contribution in [2.45, 2.75) is 70.4 Å². The van der Waals surface area contributed by atoms with Crippen molar-refractivity contribution in [1.29, 1.82) is 0 Å². The molecule has 1 saturated heterocycles. The first-order chi connectivity index (χ1) is 19.8. The van der Waals surface area contributed by atoms with E-state index in [0.29, 0.717) is 11.3 Å². The second-order valence-corrected chi connectivity index (χ2v) is 11.3. The standard InChI is InChI=1S/C31H34O11/c1-14(2)5-7-18-24(35)23-20(34)12-21-17(9-10-31(3,4)42-21)29(23)41-28(18)16-8-6-15(11-19(16)33)39-30-27(38)26(37)25(36)22(13-32)40-30/h5-6,8-12,22,25-27,30,32-34,36-38H,7,13H2,1-4H3/t22-,25-,26+,27-,30-/m1/s1. The molecule has 11 nitrogen and oxygen atoms in total. The lowest BCUT2D eigenvalue weighted by Crippen LogP contribution is -2.60. The van der Waals surface area contributed by atoms with Crippen LogP contribution in [0.1, 0.15) is 38.8 Å². The topological polar surface area (TPSA) is 179 Å². The fraction of sp³-hybridized carbons (Fsp3) is 0.387. The van der Waals surface area contributed by atoms with Crippen LogP contribution in [0, 0.1) is 0 Å². The van der Waals surface area contributed by atoms with Gasteiger partial charge in [-0.15, -0.1) is 0 Å². The Bertz CT molecular complexity index is 1630. The van der Waals surface area contributed by atoms with Gasteiger partial charge in [-0.3, -0.25) is 4.79 Å². The predicted molar refractivity (Wildman–Crippen MR) is 153 cm³/mol. The Balaban J connectivity index is 1.61. The molecule has 2 aromatic carbocycles. The Labute approximate surface area is 241 Å². The second-order valence-electron chi connectivity index (χ2n) is 11.3. The molecule has 5 atom stereocenters. The number of aromatic hydroxyl groups is 2. The van der Waals surface area contributed by atoms with E-state index in [-0.39, 0.29) is 51.5 Å². The van der Waals surface area contributed by atoms with Gasteiger partial charge in [0, 0.05) is 17.7 Å². The summed E-state index contributed by atoms with van der Waals surface area (Å²) in [5, 5.41) is 61.7. The third-order valence-electron chi connectivity index (χ3n) is 7.29. The maximum absolute atomic E-state index is 13.8. The molecule has 0 aliphatic carbocycles. The maximum Gasteiger partial charge on any atom is 0.229 e. The molecule has 1 aromatic heterocycles. The van der Waals surface area contributed by atoms with E-state index in [2.05, 4.69) is 0 Å². The first kappa shape index (κ1) is 29.6. The minimum atomic E-state index is -1.64. The molecule has 0 spiro atoms. The number of phenols is 2. The fourth-order valence-electron chi connectivity index (χ4n) is 5.01. The molecule has 0 amide bonds. The van der Waals surface area contributed by atoms with Crippen molar-refractivity contribution in [2.75, 3.05) is 6.61 Å². The molecule has 2 aliphatic rings. The lowest BCUT2D eigenvalue weighted by atomic mass is 9.96. The van der Waals surface area contributed by atoms with Crippen LogP contribution in [0.5, 0.6) is 23.0 Å². The normalized spacial score (nSPS) is 24.6. The number of aliphatic hydroxyl groups is 4. The van der Waals surface area contributed by atoms with E-state index in [1.165, 1.54) is 24.3 Å². The van der Waals surface area contributed by atoms with Crippen LogP contribution < -0.4 is 14.9 Å². The molecular weight excluding hydrogens is 548 g/mol. The van der Waals surface area contributed by atoms with Crippen molar-refractivity contribution in [3.05, 3.63) is 63.3 Å². The number of phenolic OH excluding ortho intramolecular Hbond substituents is 2. The SMILES string of the molecule is CC(C)=CCc1c(-c2ccc(O[C@@H]3O[C@H](CO)[C@@H](O)[C@H](O)[C@H]3O)cc2O)oc2c3c(cc(O)c2c1=O)OC(C)(C)C=C3. The average Bonchev–Trinajstić information content (AvgIpc) is 2.91. The van der Waals surface area contributed by atoms with Gasteiger partial charge in [0.15, 0.2) is 5.58 Å².